The minimum absolute atomic E-state index is 0.283. The van der Waals surface area contributed by atoms with Gasteiger partial charge in [0, 0.05) is 26.9 Å². The molecule has 0 spiro atoms. The van der Waals surface area contributed by atoms with Crippen molar-refractivity contribution in [2.45, 2.75) is 6.92 Å². The summed E-state index contributed by atoms with van der Waals surface area (Å²) in [6.07, 6.45) is 1.39. The van der Waals surface area contributed by atoms with Crippen LogP contribution in [0.3, 0.4) is 0 Å². The number of carbonyl (C=O) groups excluding carboxylic acids is 3. The Morgan fingerprint density at radius 1 is 0.821 bits per heavy atom. The lowest BCUT2D eigenvalue weighted by atomic mass is 10.1. The number of nitrogens with zero attached hydrogens (tertiary/aromatic N) is 1. The zero-order valence-corrected chi connectivity index (χ0v) is 22.7. The van der Waals surface area contributed by atoms with Gasteiger partial charge in [-0.3, -0.25) is 9.59 Å². The van der Waals surface area contributed by atoms with E-state index in [1.807, 2.05) is 13.0 Å². The van der Waals surface area contributed by atoms with E-state index in [1.54, 1.807) is 92.0 Å². The molecular formula is C30H24BrN3O5. The van der Waals surface area contributed by atoms with E-state index in [-0.39, 0.29) is 11.7 Å². The highest BCUT2D eigenvalue weighted by Gasteiger charge is 2.13. The predicted molar refractivity (Wildman–Crippen MR) is 153 cm³/mol. The largest absolute Gasteiger partial charge is 0.497 e. The Morgan fingerprint density at radius 3 is 2.31 bits per heavy atom. The van der Waals surface area contributed by atoms with E-state index in [2.05, 4.69) is 31.8 Å². The Hall–Kier alpha value is -4.76. The molecule has 2 N–H and O–H groups in total. The number of esters is 1. The number of hydrogen-bond acceptors (Lipinski definition) is 6. The van der Waals surface area contributed by atoms with Crippen molar-refractivity contribution in [2.24, 2.45) is 5.10 Å². The van der Waals surface area contributed by atoms with Gasteiger partial charge < -0.3 is 14.8 Å². The van der Waals surface area contributed by atoms with Crippen LogP contribution < -0.4 is 20.2 Å². The molecule has 4 aromatic rings. The van der Waals surface area contributed by atoms with Crippen molar-refractivity contribution in [3.8, 4) is 11.5 Å². The van der Waals surface area contributed by atoms with Crippen LogP contribution in [0, 0.1) is 6.92 Å². The number of nitrogens with one attached hydrogen (secondary N) is 2. The summed E-state index contributed by atoms with van der Waals surface area (Å²) in [5, 5.41) is 6.80. The number of amides is 2. The second kappa shape index (κ2) is 12.7. The van der Waals surface area contributed by atoms with Crippen LogP contribution in [-0.4, -0.2) is 31.1 Å². The van der Waals surface area contributed by atoms with Crippen molar-refractivity contribution in [1.29, 1.82) is 0 Å². The quantitative estimate of drug-likeness (QED) is 0.114. The fourth-order valence-electron chi connectivity index (χ4n) is 3.55. The van der Waals surface area contributed by atoms with Gasteiger partial charge in [0.25, 0.3) is 11.8 Å². The molecule has 0 heterocycles. The molecule has 39 heavy (non-hydrogen) atoms. The van der Waals surface area contributed by atoms with E-state index in [0.29, 0.717) is 33.7 Å². The molecule has 0 aliphatic carbocycles. The standard InChI is InChI=1S/C30H24BrN3O5/c1-19-5-3-7-22(15-19)30(37)39-27-14-11-24(31)16-23(27)18-32-34-29(36)21-6-4-8-25(17-21)33-28(35)20-9-12-26(38-2)13-10-20/h3-18H,1-2H3,(H,33,35)(H,34,36). The van der Waals surface area contributed by atoms with Crippen LogP contribution >= 0.6 is 15.9 Å². The summed E-state index contributed by atoms with van der Waals surface area (Å²) in [5.41, 5.74) is 5.49. The van der Waals surface area contributed by atoms with Gasteiger partial charge in [-0.1, -0.05) is 39.7 Å². The highest BCUT2D eigenvalue weighted by Crippen LogP contribution is 2.23. The number of carbonyl (C=O) groups is 3. The van der Waals surface area contributed by atoms with Crippen molar-refractivity contribution in [3.63, 3.8) is 0 Å². The summed E-state index contributed by atoms with van der Waals surface area (Å²) in [6.45, 7) is 1.89. The molecule has 2 amide bonds. The fraction of sp³-hybridized carbons (Fsp3) is 0.0667. The van der Waals surface area contributed by atoms with Gasteiger partial charge in [0.05, 0.1) is 18.9 Å². The minimum Gasteiger partial charge on any atom is -0.497 e. The summed E-state index contributed by atoms with van der Waals surface area (Å²) in [6, 6.07) is 25.3. The predicted octanol–water partition coefficient (Wildman–Crippen LogP) is 6.00. The Morgan fingerprint density at radius 2 is 1.56 bits per heavy atom. The number of anilines is 1. The highest BCUT2D eigenvalue weighted by molar-refractivity contribution is 9.10. The molecule has 4 aromatic carbocycles. The molecule has 0 aliphatic rings. The van der Waals surface area contributed by atoms with E-state index >= 15 is 0 Å². The van der Waals surface area contributed by atoms with Crippen LogP contribution in [0.1, 0.15) is 42.2 Å². The lowest BCUT2D eigenvalue weighted by Crippen LogP contribution is -2.18. The first kappa shape index (κ1) is 27.3. The zero-order chi connectivity index (χ0) is 27.8. The van der Waals surface area contributed by atoms with Gasteiger partial charge in [-0.15, -0.1) is 0 Å². The number of rotatable bonds is 8. The number of aryl methyl sites for hydroxylation is 1. The molecule has 4 rings (SSSR count). The molecule has 0 saturated heterocycles. The second-order valence-electron chi connectivity index (χ2n) is 8.40. The van der Waals surface area contributed by atoms with Crippen molar-refractivity contribution >= 4 is 45.6 Å². The molecule has 0 fully saturated rings. The molecule has 0 radical (unpaired) electrons. The molecule has 0 bridgehead atoms. The Labute approximate surface area is 233 Å². The Kier molecular flexibility index (Phi) is 8.86. The van der Waals surface area contributed by atoms with E-state index in [1.165, 1.54) is 6.21 Å². The monoisotopic (exact) mass is 585 g/mol. The first-order chi connectivity index (χ1) is 18.8. The molecule has 0 atom stereocenters. The molecule has 0 unspecified atom stereocenters. The molecule has 0 saturated carbocycles. The minimum atomic E-state index is -0.506. The summed E-state index contributed by atoms with van der Waals surface area (Å²) in [4.78, 5) is 37.9. The molecule has 196 valence electrons. The Balaban J connectivity index is 1.42. The van der Waals surface area contributed by atoms with Crippen LogP contribution in [0.5, 0.6) is 11.5 Å². The molecule has 0 aliphatic heterocycles. The van der Waals surface area contributed by atoms with E-state index in [0.717, 1.165) is 10.0 Å². The number of hydrogen-bond donors (Lipinski definition) is 2. The maximum atomic E-state index is 12.7. The number of benzene rings is 4. The summed E-state index contributed by atoms with van der Waals surface area (Å²) < 4.78 is 11.4. The van der Waals surface area contributed by atoms with Crippen LogP contribution in [0.25, 0.3) is 0 Å². The fourth-order valence-corrected chi connectivity index (χ4v) is 3.93. The molecular weight excluding hydrogens is 562 g/mol. The number of halogens is 1. The van der Waals surface area contributed by atoms with Crippen molar-refractivity contribution in [1.82, 2.24) is 5.43 Å². The van der Waals surface area contributed by atoms with E-state index in [4.69, 9.17) is 9.47 Å². The van der Waals surface area contributed by atoms with Crippen molar-refractivity contribution in [3.05, 3.63) is 123 Å². The van der Waals surface area contributed by atoms with Crippen LogP contribution in [0.15, 0.2) is 101 Å². The average Bonchev–Trinajstić information content (AvgIpc) is 2.94. The van der Waals surface area contributed by atoms with Gasteiger partial charge in [0.2, 0.25) is 0 Å². The lowest BCUT2D eigenvalue weighted by Gasteiger charge is -2.09. The maximum absolute atomic E-state index is 12.7. The summed E-state index contributed by atoms with van der Waals surface area (Å²) >= 11 is 3.40. The summed E-state index contributed by atoms with van der Waals surface area (Å²) in [5.74, 6) is -0.389. The smallest absolute Gasteiger partial charge is 0.343 e. The van der Waals surface area contributed by atoms with E-state index in [9.17, 15) is 14.4 Å². The van der Waals surface area contributed by atoms with Gasteiger partial charge in [-0.2, -0.15) is 5.10 Å². The van der Waals surface area contributed by atoms with E-state index < -0.39 is 11.9 Å². The van der Waals surface area contributed by atoms with Crippen molar-refractivity contribution < 1.29 is 23.9 Å². The van der Waals surface area contributed by atoms with Gasteiger partial charge in [-0.25, -0.2) is 10.2 Å². The first-order valence-electron chi connectivity index (χ1n) is 11.8. The van der Waals surface area contributed by atoms with Crippen LogP contribution in [0.2, 0.25) is 0 Å². The van der Waals surface area contributed by atoms with Gasteiger partial charge >= 0.3 is 5.97 Å². The first-order valence-corrected chi connectivity index (χ1v) is 12.6. The highest BCUT2D eigenvalue weighted by atomic mass is 79.9. The number of ether oxygens (including phenoxy) is 2. The molecule has 0 aromatic heterocycles. The van der Waals surface area contributed by atoms with Crippen LogP contribution in [0.4, 0.5) is 5.69 Å². The molecule has 8 nitrogen and oxygen atoms in total. The van der Waals surface area contributed by atoms with Gasteiger partial charge in [-0.05, 0) is 79.7 Å². The van der Waals surface area contributed by atoms with Gasteiger partial charge in [0.15, 0.2) is 0 Å². The number of hydrazone groups is 1. The SMILES string of the molecule is COc1ccc(C(=O)Nc2cccc(C(=O)NN=Cc3cc(Br)ccc3OC(=O)c3cccc(C)c3)c2)cc1. The maximum Gasteiger partial charge on any atom is 0.343 e. The number of methoxy groups -OCH3 is 1. The normalized spacial score (nSPS) is 10.6. The van der Waals surface area contributed by atoms with Gasteiger partial charge in [0.1, 0.15) is 11.5 Å². The second-order valence-corrected chi connectivity index (χ2v) is 9.32. The molecule has 9 heteroatoms. The average molecular weight is 586 g/mol. The topological polar surface area (TPSA) is 106 Å². The summed E-state index contributed by atoms with van der Waals surface area (Å²) in [7, 11) is 1.55. The third-order valence-corrected chi connectivity index (χ3v) is 6.03. The third-order valence-electron chi connectivity index (χ3n) is 5.53. The van der Waals surface area contributed by atoms with Crippen molar-refractivity contribution in [2.75, 3.05) is 12.4 Å². The van der Waals surface area contributed by atoms with Crippen LogP contribution in [-0.2, 0) is 0 Å². The Bertz CT molecular complexity index is 1550. The third kappa shape index (κ3) is 7.39. The zero-order valence-electron chi connectivity index (χ0n) is 21.1. The lowest BCUT2D eigenvalue weighted by molar-refractivity contribution is 0.0733.